The molecule has 466 valence electrons. The van der Waals surface area contributed by atoms with Crippen molar-refractivity contribution < 1.29 is 28.6 Å². The van der Waals surface area contributed by atoms with Gasteiger partial charge in [0.15, 0.2) is 6.10 Å². The number of allylic oxidation sites excluding steroid dienone is 22. The number of hydrogen-bond acceptors (Lipinski definition) is 6. The van der Waals surface area contributed by atoms with Gasteiger partial charge in [-0.2, -0.15) is 0 Å². The van der Waals surface area contributed by atoms with Crippen LogP contribution in [-0.4, -0.2) is 37.2 Å². The van der Waals surface area contributed by atoms with Crippen molar-refractivity contribution in [3.8, 4) is 0 Å². The highest BCUT2D eigenvalue weighted by Crippen LogP contribution is 2.16. The van der Waals surface area contributed by atoms with E-state index in [1.807, 2.05) is 0 Å². The van der Waals surface area contributed by atoms with Crippen molar-refractivity contribution in [3.05, 3.63) is 134 Å². The molecular formula is C76H126O6. The normalized spacial score (nSPS) is 13.0. The zero-order valence-electron chi connectivity index (χ0n) is 53.5. The molecule has 0 spiro atoms. The molecule has 6 heteroatoms. The van der Waals surface area contributed by atoms with E-state index >= 15 is 0 Å². The monoisotopic (exact) mass is 1130 g/mol. The maximum Gasteiger partial charge on any atom is 0.306 e. The molecule has 0 aliphatic carbocycles. The molecule has 0 aromatic heterocycles. The molecule has 0 rings (SSSR count). The number of carbonyl (C=O) groups excluding carboxylic acids is 3. The van der Waals surface area contributed by atoms with E-state index in [9.17, 15) is 14.4 Å². The molecule has 0 fully saturated rings. The first-order valence-electron chi connectivity index (χ1n) is 34.2. The van der Waals surface area contributed by atoms with Crippen LogP contribution in [0.3, 0.4) is 0 Å². The lowest BCUT2D eigenvalue weighted by molar-refractivity contribution is -0.167. The molecule has 82 heavy (non-hydrogen) atoms. The summed E-state index contributed by atoms with van der Waals surface area (Å²) >= 11 is 0. The van der Waals surface area contributed by atoms with Gasteiger partial charge < -0.3 is 14.2 Å². The molecular weight excluding hydrogens is 1010 g/mol. The number of rotatable bonds is 61. The molecule has 1 atom stereocenters. The molecule has 0 radical (unpaired) electrons. The number of ether oxygens (including phenoxy) is 3. The molecule has 0 aromatic carbocycles. The second kappa shape index (κ2) is 69.0. The third-order valence-corrected chi connectivity index (χ3v) is 14.4. The van der Waals surface area contributed by atoms with Gasteiger partial charge in [-0.15, -0.1) is 0 Å². The average Bonchev–Trinajstić information content (AvgIpc) is 3.47. The minimum absolute atomic E-state index is 0.108. The van der Waals surface area contributed by atoms with Gasteiger partial charge >= 0.3 is 17.9 Å². The Hall–Kier alpha value is -4.45. The van der Waals surface area contributed by atoms with Gasteiger partial charge in [0.05, 0.1) is 0 Å². The van der Waals surface area contributed by atoms with E-state index in [1.165, 1.54) is 141 Å². The summed E-state index contributed by atoms with van der Waals surface area (Å²) in [4.78, 5) is 38.4. The highest BCUT2D eigenvalue weighted by Gasteiger charge is 2.19. The fourth-order valence-electron chi connectivity index (χ4n) is 9.24. The van der Waals surface area contributed by atoms with E-state index in [0.717, 1.165) is 122 Å². The Morgan fingerprint density at radius 1 is 0.256 bits per heavy atom. The van der Waals surface area contributed by atoms with Crippen molar-refractivity contribution in [1.82, 2.24) is 0 Å². The van der Waals surface area contributed by atoms with Gasteiger partial charge in [-0.3, -0.25) is 14.4 Å². The zero-order chi connectivity index (χ0) is 59.2. The van der Waals surface area contributed by atoms with Crippen LogP contribution in [0.1, 0.15) is 310 Å². The van der Waals surface area contributed by atoms with Gasteiger partial charge in [0.2, 0.25) is 0 Å². The van der Waals surface area contributed by atoms with E-state index in [0.29, 0.717) is 19.3 Å². The first-order chi connectivity index (χ1) is 40.5. The Labute approximate surface area is 506 Å². The summed E-state index contributed by atoms with van der Waals surface area (Å²) in [6.07, 6.45) is 97.6. The predicted molar refractivity (Wildman–Crippen MR) is 357 cm³/mol. The molecule has 6 nitrogen and oxygen atoms in total. The summed E-state index contributed by atoms with van der Waals surface area (Å²) in [6, 6.07) is 0. The topological polar surface area (TPSA) is 78.9 Å². The van der Waals surface area contributed by atoms with E-state index in [4.69, 9.17) is 14.2 Å². The van der Waals surface area contributed by atoms with Crippen LogP contribution in [0.25, 0.3) is 0 Å². The Morgan fingerprint density at radius 2 is 0.500 bits per heavy atom. The van der Waals surface area contributed by atoms with Crippen molar-refractivity contribution >= 4 is 17.9 Å². The van der Waals surface area contributed by atoms with Crippen LogP contribution in [0.15, 0.2) is 134 Å². The van der Waals surface area contributed by atoms with Crippen LogP contribution in [0.2, 0.25) is 0 Å². The second-order valence-electron chi connectivity index (χ2n) is 22.3. The lowest BCUT2D eigenvalue weighted by atomic mass is 10.0. The summed E-state index contributed by atoms with van der Waals surface area (Å²) < 4.78 is 16.9. The second-order valence-corrected chi connectivity index (χ2v) is 22.3. The zero-order valence-corrected chi connectivity index (χ0v) is 53.5. The van der Waals surface area contributed by atoms with Crippen molar-refractivity contribution in [2.45, 2.75) is 316 Å². The molecule has 0 saturated carbocycles. The highest BCUT2D eigenvalue weighted by atomic mass is 16.6. The van der Waals surface area contributed by atoms with E-state index < -0.39 is 6.10 Å². The van der Waals surface area contributed by atoms with Gasteiger partial charge in [-0.1, -0.05) is 296 Å². The van der Waals surface area contributed by atoms with Crippen LogP contribution in [0.4, 0.5) is 0 Å². The molecule has 0 bridgehead atoms. The minimum Gasteiger partial charge on any atom is -0.462 e. The maximum atomic E-state index is 12.9. The SMILES string of the molecule is CC/C=C\C/C=C\C/C=C\C/C=C\C/C=C\C/C=C\C/C=C\CCCC(=O)OC(COC(=O)CCCCCCC/C=C\C/C=C\CCCC)COC(=O)CCCCCCCCCCCCCCCCC/C=C\C/C=C\CCCCCCC. The average molecular weight is 1140 g/mol. The van der Waals surface area contributed by atoms with Crippen molar-refractivity contribution in [3.63, 3.8) is 0 Å². The van der Waals surface area contributed by atoms with Crippen molar-refractivity contribution in [1.29, 1.82) is 0 Å². The molecule has 0 saturated heterocycles. The third kappa shape index (κ3) is 66.4. The Bertz CT molecular complexity index is 1730. The molecule has 0 aliphatic rings. The predicted octanol–water partition coefficient (Wildman–Crippen LogP) is 23.7. The maximum absolute atomic E-state index is 12.9. The standard InChI is InChI=1S/C76H126O6/c1-4-7-10-13-16-19-22-25-28-30-32-34-36-37-38-39-41-42-44-46-48-51-54-57-60-63-66-69-75(78)81-72-73(71-80-74(77)68-65-62-59-56-53-50-27-24-21-18-15-12-9-6-3)82-76(79)70-67-64-61-58-55-52-49-47-45-43-40-35-33-31-29-26-23-20-17-14-11-8-5-2/h8,11,15,17-18,20,22,24-27,29-30,32-33,35,43,45,49,52,58,61,73H,4-7,9-10,12-14,16,19,21,23,28,31,34,36-42,44,46-48,50-51,53-57,59-60,62-72H2,1-3H3/b11-8-,18-15-,20-17-,25-22-,27-24-,29-26-,32-30-,35-33-,45-43-,52-49-,61-58-. The summed E-state index contributed by atoms with van der Waals surface area (Å²) in [5.41, 5.74) is 0. The number of carbonyl (C=O) groups is 3. The summed E-state index contributed by atoms with van der Waals surface area (Å²) in [7, 11) is 0. The van der Waals surface area contributed by atoms with Gasteiger partial charge in [-0.05, 0) is 128 Å². The fourth-order valence-corrected chi connectivity index (χ4v) is 9.24. The molecule has 1 unspecified atom stereocenters. The smallest absolute Gasteiger partial charge is 0.306 e. The first-order valence-corrected chi connectivity index (χ1v) is 34.2. The Balaban J connectivity index is 4.41. The molecule has 0 aromatic rings. The van der Waals surface area contributed by atoms with E-state index in [-0.39, 0.29) is 37.5 Å². The lowest BCUT2D eigenvalue weighted by Crippen LogP contribution is -2.30. The quantitative estimate of drug-likeness (QED) is 0.0261. The fraction of sp³-hybridized carbons (Fsp3) is 0.671. The van der Waals surface area contributed by atoms with Crippen LogP contribution in [-0.2, 0) is 28.6 Å². The lowest BCUT2D eigenvalue weighted by Gasteiger charge is -2.18. The van der Waals surface area contributed by atoms with Crippen molar-refractivity contribution in [2.75, 3.05) is 13.2 Å². The molecule has 0 N–H and O–H groups in total. The van der Waals surface area contributed by atoms with Crippen LogP contribution in [0, 0.1) is 0 Å². The Kier molecular flexibility index (Phi) is 65.3. The Morgan fingerprint density at radius 3 is 0.817 bits per heavy atom. The van der Waals surface area contributed by atoms with Crippen LogP contribution in [0.5, 0.6) is 0 Å². The largest absolute Gasteiger partial charge is 0.462 e. The number of esters is 3. The molecule has 0 amide bonds. The summed E-state index contributed by atoms with van der Waals surface area (Å²) in [5, 5.41) is 0. The van der Waals surface area contributed by atoms with Gasteiger partial charge in [0, 0.05) is 19.3 Å². The number of hydrogen-bond donors (Lipinski definition) is 0. The van der Waals surface area contributed by atoms with Crippen LogP contribution >= 0.6 is 0 Å². The van der Waals surface area contributed by atoms with Crippen LogP contribution < -0.4 is 0 Å². The van der Waals surface area contributed by atoms with Gasteiger partial charge in [-0.25, -0.2) is 0 Å². The first kappa shape index (κ1) is 77.5. The summed E-state index contributed by atoms with van der Waals surface area (Å²) in [5.74, 6) is -0.978. The van der Waals surface area contributed by atoms with Gasteiger partial charge in [0.1, 0.15) is 13.2 Å². The number of unbranched alkanes of at least 4 members (excludes halogenated alkanes) is 28. The molecule has 0 aliphatic heterocycles. The third-order valence-electron chi connectivity index (χ3n) is 14.4. The van der Waals surface area contributed by atoms with E-state index in [2.05, 4.69) is 154 Å². The highest BCUT2D eigenvalue weighted by molar-refractivity contribution is 5.71. The van der Waals surface area contributed by atoms with Crippen molar-refractivity contribution in [2.24, 2.45) is 0 Å². The van der Waals surface area contributed by atoms with E-state index in [1.54, 1.807) is 0 Å². The minimum atomic E-state index is -0.820. The molecule has 0 heterocycles. The van der Waals surface area contributed by atoms with Gasteiger partial charge in [0.25, 0.3) is 0 Å². The summed E-state index contributed by atoms with van der Waals surface area (Å²) in [6.45, 7) is 6.44.